The highest BCUT2D eigenvalue weighted by Gasteiger charge is 2.57. The maximum atomic E-state index is 12.2. The number of hydrogen-bond donors (Lipinski definition) is 2. The Hall–Kier alpha value is -1.50. The standard InChI is InChI=1S/C13H18F2N4O/c14-10(15)8-19-6-1-11(18-19)17-12(20)9-7-13(9)2-4-16-5-3-13/h1,6,9-10,16H,2-5,7-8H2,(H,17,18,20). The average molecular weight is 284 g/mol. The molecule has 20 heavy (non-hydrogen) atoms. The van der Waals surface area contributed by atoms with Gasteiger partial charge in [-0.2, -0.15) is 5.10 Å². The Labute approximate surface area is 115 Å². The summed E-state index contributed by atoms with van der Waals surface area (Å²) in [4.78, 5) is 12.2. The Kier molecular flexibility index (Phi) is 3.45. The molecule has 5 nitrogen and oxygen atoms in total. The van der Waals surface area contributed by atoms with Crippen LogP contribution in [0.2, 0.25) is 0 Å². The lowest BCUT2D eigenvalue weighted by Crippen LogP contribution is -2.31. The molecule has 1 aliphatic heterocycles. The van der Waals surface area contributed by atoms with Crippen LogP contribution in [0, 0.1) is 11.3 Å². The number of carbonyl (C=O) groups is 1. The maximum absolute atomic E-state index is 12.2. The average Bonchev–Trinajstić information content (AvgIpc) is 2.91. The molecule has 0 bridgehead atoms. The fraction of sp³-hybridized carbons (Fsp3) is 0.692. The molecule has 1 spiro atoms. The molecular formula is C13H18F2N4O. The molecule has 1 saturated carbocycles. The van der Waals surface area contributed by atoms with Crippen LogP contribution in [0.1, 0.15) is 19.3 Å². The Morgan fingerprint density at radius 3 is 3.00 bits per heavy atom. The van der Waals surface area contributed by atoms with E-state index < -0.39 is 13.0 Å². The van der Waals surface area contributed by atoms with Crippen molar-refractivity contribution in [3.63, 3.8) is 0 Å². The van der Waals surface area contributed by atoms with Crippen molar-refractivity contribution in [1.82, 2.24) is 15.1 Å². The maximum Gasteiger partial charge on any atom is 0.257 e. The molecule has 0 radical (unpaired) electrons. The van der Waals surface area contributed by atoms with E-state index in [1.54, 1.807) is 6.07 Å². The van der Waals surface area contributed by atoms with E-state index in [-0.39, 0.29) is 17.2 Å². The zero-order valence-corrected chi connectivity index (χ0v) is 11.1. The highest BCUT2D eigenvalue weighted by molar-refractivity contribution is 5.94. The van der Waals surface area contributed by atoms with Crippen LogP contribution in [0.25, 0.3) is 0 Å². The van der Waals surface area contributed by atoms with Crippen LogP contribution in [-0.2, 0) is 11.3 Å². The van der Waals surface area contributed by atoms with Gasteiger partial charge in [0.15, 0.2) is 5.82 Å². The molecule has 1 unspecified atom stereocenters. The van der Waals surface area contributed by atoms with Crippen molar-refractivity contribution >= 4 is 11.7 Å². The molecule has 3 rings (SSSR count). The Bertz CT molecular complexity index is 496. The highest BCUT2D eigenvalue weighted by Crippen LogP contribution is 2.58. The van der Waals surface area contributed by atoms with Crippen molar-refractivity contribution in [2.45, 2.75) is 32.2 Å². The molecule has 1 amide bonds. The number of aromatic nitrogens is 2. The van der Waals surface area contributed by atoms with Gasteiger partial charge < -0.3 is 10.6 Å². The first kappa shape index (κ1) is 13.5. The molecule has 1 aromatic heterocycles. The molecule has 1 aromatic rings. The van der Waals surface area contributed by atoms with Crippen LogP contribution in [-0.4, -0.2) is 35.2 Å². The number of nitrogens with one attached hydrogen (secondary N) is 2. The first-order valence-electron chi connectivity index (χ1n) is 6.92. The molecule has 1 atom stereocenters. The summed E-state index contributed by atoms with van der Waals surface area (Å²) < 4.78 is 25.6. The lowest BCUT2D eigenvalue weighted by Gasteiger charge is -2.23. The van der Waals surface area contributed by atoms with Gasteiger partial charge in [0.1, 0.15) is 6.54 Å². The summed E-state index contributed by atoms with van der Waals surface area (Å²) in [5.41, 5.74) is 0.168. The number of rotatable bonds is 4. The fourth-order valence-corrected chi connectivity index (χ4v) is 3.08. The molecular weight excluding hydrogens is 266 g/mol. The summed E-state index contributed by atoms with van der Waals surface area (Å²) in [5.74, 6) is 0.366. The lowest BCUT2D eigenvalue weighted by molar-refractivity contribution is -0.118. The molecule has 2 heterocycles. The van der Waals surface area contributed by atoms with Crippen molar-refractivity contribution in [3.05, 3.63) is 12.3 Å². The molecule has 0 aromatic carbocycles. The van der Waals surface area contributed by atoms with Crippen LogP contribution in [0.4, 0.5) is 14.6 Å². The number of carbonyl (C=O) groups excluding carboxylic acids is 1. The summed E-state index contributed by atoms with van der Waals surface area (Å²) in [6.07, 6.45) is 2.00. The van der Waals surface area contributed by atoms with Gasteiger partial charge in [-0.25, -0.2) is 8.78 Å². The molecule has 110 valence electrons. The lowest BCUT2D eigenvalue weighted by atomic mass is 9.92. The van der Waals surface area contributed by atoms with Gasteiger partial charge in [-0.1, -0.05) is 0 Å². The zero-order chi connectivity index (χ0) is 14.2. The first-order chi connectivity index (χ1) is 9.59. The third-order valence-corrected chi connectivity index (χ3v) is 4.32. The van der Waals surface area contributed by atoms with Crippen LogP contribution in [0.15, 0.2) is 12.3 Å². The summed E-state index contributed by atoms with van der Waals surface area (Å²) in [7, 11) is 0. The van der Waals surface area contributed by atoms with E-state index in [9.17, 15) is 13.6 Å². The van der Waals surface area contributed by atoms with Gasteiger partial charge in [-0.05, 0) is 37.8 Å². The number of hydrogen-bond acceptors (Lipinski definition) is 3. The number of nitrogens with zero attached hydrogens (tertiary/aromatic N) is 2. The number of amides is 1. The third-order valence-electron chi connectivity index (χ3n) is 4.32. The van der Waals surface area contributed by atoms with Crippen molar-refractivity contribution in [3.8, 4) is 0 Å². The number of piperidine rings is 1. The van der Waals surface area contributed by atoms with E-state index in [0.717, 1.165) is 37.0 Å². The second-order valence-electron chi connectivity index (χ2n) is 5.67. The fourth-order valence-electron chi connectivity index (χ4n) is 3.08. The van der Waals surface area contributed by atoms with Gasteiger partial charge in [0.2, 0.25) is 5.91 Å². The van der Waals surface area contributed by atoms with Crippen molar-refractivity contribution in [1.29, 1.82) is 0 Å². The van der Waals surface area contributed by atoms with Gasteiger partial charge >= 0.3 is 0 Å². The quantitative estimate of drug-likeness (QED) is 0.880. The van der Waals surface area contributed by atoms with Crippen LogP contribution >= 0.6 is 0 Å². The summed E-state index contributed by atoms with van der Waals surface area (Å²) >= 11 is 0. The largest absolute Gasteiger partial charge is 0.317 e. The SMILES string of the molecule is O=C(Nc1ccn(CC(F)F)n1)C1CC12CCNCC2. The number of alkyl halides is 2. The normalized spacial score (nSPS) is 24.1. The van der Waals surface area contributed by atoms with Crippen molar-refractivity contribution < 1.29 is 13.6 Å². The molecule has 7 heteroatoms. The van der Waals surface area contributed by atoms with Gasteiger partial charge in [0.05, 0.1) is 0 Å². The highest BCUT2D eigenvalue weighted by atomic mass is 19.3. The van der Waals surface area contributed by atoms with Crippen LogP contribution < -0.4 is 10.6 Å². The van der Waals surface area contributed by atoms with E-state index in [2.05, 4.69) is 15.7 Å². The van der Waals surface area contributed by atoms with E-state index in [1.807, 2.05) is 0 Å². The molecule has 1 aliphatic carbocycles. The van der Waals surface area contributed by atoms with E-state index in [1.165, 1.54) is 6.20 Å². The predicted octanol–water partition coefficient (Wildman–Crippen LogP) is 1.48. The minimum atomic E-state index is -2.44. The molecule has 1 saturated heterocycles. The minimum Gasteiger partial charge on any atom is -0.317 e. The van der Waals surface area contributed by atoms with Crippen LogP contribution in [0.5, 0.6) is 0 Å². The monoisotopic (exact) mass is 284 g/mol. The second-order valence-corrected chi connectivity index (χ2v) is 5.67. The smallest absolute Gasteiger partial charge is 0.257 e. The minimum absolute atomic E-state index is 0.0332. The Morgan fingerprint density at radius 2 is 2.30 bits per heavy atom. The van der Waals surface area contributed by atoms with Gasteiger partial charge in [0.25, 0.3) is 6.43 Å². The van der Waals surface area contributed by atoms with E-state index >= 15 is 0 Å². The molecule has 2 N–H and O–H groups in total. The first-order valence-corrected chi connectivity index (χ1v) is 6.92. The predicted molar refractivity (Wildman–Crippen MR) is 69.5 cm³/mol. The van der Waals surface area contributed by atoms with E-state index in [4.69, 9.17) is 0 Å². The topological polar surface area (TPSA) is 59.0 Å². The Balaban J connectivity index is 1.56. The van der Waals surface area contributed by atoms with Gasteiger partial charge in [0, 0.05) is 18.2 Å². The second kappa shape index (κ2) is 5.12. The van der Waals surface area contributed by atoms with Crippen molar-refractivity contribution in [2.24, 2.45) is 11.3 Å². The van der Waals surface area contributed by atoms with Gasteiger partial charge in [-0.15, -0.1) is 0 Å². The third kappa shape index (κ3) is 2.67. The summed E-state index contributed by atoms with van der Waals surface area (Å²) in [6.45, 7) is 1.48. The number of anilines is 1. The van der Waals surface area contributed by atoms with Crippen molar-refractivity contribution in [2.75, 3.05) is 18.4 Å². The molecule has 2 fully saturated rings. The number of halogens is 2. The molecule has 2 aliphatic rings. The zero-order valence-electron chi connectivity index (χ0n) is 11.1. The van der Waals surface area contributed by atoms with E-state index in [0.29, 0.717) is 5.82 Å². The van der Waals surface area contributed by atoms with Crippen LogP contribution in [0.3, 0.4) is 0 Å². The van der Waals surface area contributed by atoms with Gasteiger partial charge in [-0.3, -0.25) is 9.48 Å². The summed E-state index contributed by atoms with van der Waals surface area (Å²) in [6, 6.07) is 1.55. The Morgan fingerprint density at radius 1 is 1.55 bits per heavy atom. The summed E-state index contributed by atoms with van der Waals surface area (Å²) in [5, 5.41) is 9.95.